The molecule has 0 saturated heterocycles. The quantitative estimate of drug-likeness (QED) is 0.612. The van der Waals surface area contributed by atoms with E-state index in [4.69, 9.17) is 5.73 Å². The van der Waals surface area contributed by atoms with Gasteiger partial charge in [-0.2, -0.15) is 0 Å². The smallest absolute Gasteiger partial charge is 0.00488 e. The molecule has 9 heavy (non-hydrogen) atoms. The molecular weight excluding hydrogens is 110 g/mol. The summed E-state index contributed by atoms with van der Waals surface area (Å²) in [6, 6.07) is 0. The van der Waals surface area contributed by atoms with Gasteiger partial charge in [0.2, 0.25) is 0 Å². The summed E-state index contributed by atoms with van der Waals surface area (Å²) in [5.74, 6) is 2.76. The van der Waals surface area contributed by atoms with E-state index in [1.807, 2.05) is 0 Å². The van der Waals surface area contributed by atoms with Crippen LogP contribution < -0.4 is 5.73 Å². The number of nitrogens with two attached hydrogens (primary N) is 1. The third-order valence-electron chi connectivity index (χ3n) is 2.60. The first-order valence-electron chi connectivity index (χ1n) is 3.99. The number of hydrogen-bond donors (Lipinski definition) is 1. The Labute approximate surface area is 57.6 Å². The second-order valence-electron chi connectivity index (χ2n) is 3.28. The van der Waals surface area contributed by atoms with Gasteiger partial charge in [0, 0.05) is 0 Å². The average molecular weight is 127 g/mol. The third-order valence-corrected chi connectivity index (χ3v) is 2.60. The van der Waals surface area contributed by atoms with Crippen LogP contribution in [0.25, 0.3) is 0 Å². The summed E-state index contributed by atoms with van der Waals surface area (Å²) < 4.78 is 0. The molecule has 0 bridgehead atoms. The Hall–Kier alpha value is -0.0400. The van der Waals surface area contributed by atoms with Crippen LogP contribution in [-0.2, 0) is 0 Å². The molecule has 1 heteroatoms. The van der Waals surface area contributed by atoms with Gasteiger partial charge in [-0.05, 0) is 30.7 Å². The predicted molar refractivity (Wildman–Crippen MR) is 40.1 cm³/mol. The first kappa shape index (κ1) is 7.07. The normalized spacial score (nSPS) is 36.3. The summed E-state index contributed by atoms with van der Waals surface area (Å²) in [4.78, 5) is 0. The number of rotatable bonds is 3. The van der Waals surface area contributed by atoms with Crippen molar-refractivity contribution < 1.29 is 0 Å². The van der Waals surface area contributed by atoms with Gasteiger partial charge >= 0.3 is 0 Å². The van der Waals surface area contributed by atoms with Crippen molar-refractivity contribution >= 4 is 0 Å². The largest absolute Gasteiger partial charge is 0.330 e. The van der Waals surface area contributed by atoms with Crippen molar-refractivity contribution in [3.8, 4) is 0 Å². The fourth-order valence-corrected chi connectivity index (χ4v) is 1.61. The van der Waals surface area contributed by atoms with Crippen molar-refractivity contribution in [1.82, 2.24) is 0 Å². The summed E-state index contributed by atoms with van der Waals surface area (Å²) in [5.41, 5.74) is 5.53. The topological polar surface area (TPSA) is 26.0 Å². The van der Waals surface area contributed by atoms with E-state index in [2.05, 4.69) is 13.8 Å². The lowest BCUT2D eigenvalue weighted by Crippen LogP contribution is -2.13. The fourth-order valence-electron chi connectivity index (χ4n) is 1.61. The minimum Gasteiger partial charge on any atom is -0.330 e. The highest BCUT2D eigenvalue weighted by Crippen LogP contribution is 2.45. The van der Waals surface area contributed by atoms with Crippen molar-refractivity contribution in [2.24, 2.45) is 23.5 Å². The molecule has 0 spiro atoms. The van der Waals surface area contributed by atoms with Crippen LogP contribution in [0.2, 0.25) is 0 Å². The average Bonchev–Trinajstić information content (AvgIpc) is 2.64. The van der Waals surface area contributed by atoms with Crippen molar-refractivity contribution in [3.05, 3.63) is 0 Å². The zero-order valence-electron chi connectivity index (χ0n) is 6.43. The van der Waals surface area contributed by atoms with Crippen LogP contribution in [0.4, 0.5) is 0 Å². The molecule has 1 aliphatic rings. The molecule has 1 fully saturated rings. The highest BCUT2D eigenvalue weighted by Gasteiger charge is 2.38. The van der Waals surface area contributed by atoms with Gasteiger partial charge in [-0.15, -0.1) is 0 Å². The number of hydrogen-bond acceptors (Lipinski definition) is 1. The lowest BCUT2D eigenvalue weighted by molar-refractivity contribution is 0.480. The summed E-state index contributed by atoms with van der Waals surface area (Å²) in [6.07, 6.45) is 2.80. The first-order chi connectivity index (χ1) is 4.29. The van der Waals surface area contributed by atoms with Crippen LogP contribution in [0.5, 0.6) is 0 Å². The van der Waals surface area contributed by atoms with Gasteiger partial charge in [-0.1, -0.05) is 20.3 Å². The molecule has 0 aromatic rings. The van der Waals surface area contributed by atoms with E-state index in [1.165, 1.54) is 12.8 Å². The molecule has 54 valence electrons. The van der Waals surface area contributed by atoms with Crippen LogP contribution in [0.3, 0.4) is 0 Å². The van der Waals surface area contributed by atoms with Crippen LogP contribution in [0.1, 0.15) is 26.7 Å². The zero-order valence-corrected chi connectivity index (χ0v) is 6.43. The van der Waals surface area contributed by atoms with Crippen molar-refractivity contribution in [1.29, 1.82) is 0 Å². The van der Waals surface area contributed by atoms with Gasteiger partial charge in [0.05, 0.1) is 0 Å². The van der Waals surface area contributed by atoms with Gasteiger partial charge in [0.25, 0.3) is 0 Å². The minimum absolute atomic E-state index is 0.773. The van der Waals surface area contributed by atoms with Crippen molar-refractivity contribution in [3.63, 3.8) is 0 Å². The van der Waals surface area contributed by atoms with E-state index >= 15 is 0 Å². The maximum atomic E-state index is 5.53. The van der Waals surface area contributed by atoms with Crippen LogP contribution in [0, 0.1) is 17.8 Å². The minimum atomic E-state index is 0.773. The molecule has 3 unspecified atom stereocenters. The third kappa shape index (κ3) is 1.45. The molecule has 0 aromatic carbocycles. The molecule has 3 atom stereocenters. The van der Waals surface area contributed by atoms with Crippen molar-refractivity contribution in [2.45, 2.75) is 26.7 Å². The predicted octanol–water partition coefficient (Wildman–Crippen LogP) is 1.63. The van der Waals surface area contributed by atoms with E-state index in [0.717, 1.165) is 24.3 Å². The molecular formula is C8H17N. The maximum Gasteiger partial charge on any atom is -0.00488 e. The Morgan fingerprint density at radius 3 is 2.67 bits per heavy atom. The second-order valence-corrected chi connectivity index (χ2v) is 3.28. The monoisotopic (exact) mass is 127 g/mol. The summed E-state index contributed by atoms with van der Waals surface area (Å²) in [6.45, 7) is 5.41. The van der Waals surface area contributed by atoms with Gasteiger partial charge in [-0.3, -0.25) is 0 Å². The van der Waals surface area contributed by atoms with E-state index in [-0.39, 0.29) is 0 Å². The Morgan fingerprint density at radius 1 is 1.67 bits per heavy atom. The van der Waals surface area contributed by atoms with Gasteiger partial charge in [0.15, 0.2) is 0 Å². The van der Waals surface area contributed by atoms with Crippen LogP contribution >= 0.6 is 0 Å². The molecule has 1 nitrogen and oxygen atoms in total. The van der Waals surface area contributed by atoms with Crippen LogP contribution in [0.15, 0.2) is 0 Å². The summed E-state index contributed by atoms with van der Waals surface area (Å²) in [7, 11) is 0. The zero-order chi connectivity index (χ0) is 6.85. The first-order valence-corrected chi connectivity index (χ1v) is 3.99. The Bertz CT molecular complexity index is 90.6. The summed E-state index contributed by atoms with van der Waals surface area (Å²) in [5, 5.41) is 0. The Morgan fingerprint density at radius 2 is 2.33 bits per heavy atom. The van der Waals surface area contributed by atoms with Crippen molar-refractivity contribution in [2.75, 3.05) is 6.54 Å². The van der Waals surface area contributed by atoms with Gasteiger partial charge in [-0.25, -0.2) is 0 Å². The molecule has 0 radical (unpaired) electrons. The SMILES string of the molecule is CCC1CC1C(C)CN. The lowest BCUT2D eigenvalue weighted by atomic mass is 10.0. The van der Waals surface area contributed by atoms with Gasteiger partial charge < -0.3 is 5.73 Å². The lowest BCUT2D eigenvalue weighted by Gasteiger charge is -2.04. The second kappa shape index (κ2) is 2.70. The molecule has 1 aliphatic carbocycles. The van der Waals surface area contributed by atoms with E-state index in [1.54, 1.807) is 0 Å². The molecule has 1 rings (SSSR count). The van der Waals surface area contributed by atoms with E-state index in [9.17, 15) is 0 Å². The van der Waals surface area contributed by atoms with E-state index in [0.29, 0.717) is 0 Å². The Kier molecular flexibility index (Phi) is 2.12. The molecule has 2 N–H and O–H groups in total. The maximum absolute atomic E-state index is 5.53. The van der Waals surface area contributed by atoms with Crippen LogP contribution in [-0.4, -0.2) is 6.54 Å². The van der Waals surface area contributed by atoms with Gasteiger partial charge in [0.1, 0.15) is 0 Å². The highest BCUT2D eigenvalue weighted by atomic mass is 14.6. The molecule has 0 aromatic heterocycles. The molecule has 0 heterocycles. The fraction of sp³-hybridized carbons (Fsp3) is 1.00. The summed E-state index contributed by atoms with van der Waals surface area (Å²) >= 11 is 0. The standard InChI is InChI=1S/C8H17N/c1-3-7-4-8(7)6(2)5-9/h6-8H,3-5,9H2,1-2H3. The highest BCUT2D eigenvalue weighted by molar-refractivity contribution is 4.88. The molecule has 0 aliphatic heterocycles. The molecule has 0 amide bonds. The van der Waals surface area contributed by atoms with E-state index < -0.39 is 0 Å². The Balaban J connectivity index is 2.17. The molecule has 1 saturated carbocycles.